The second kappa shape index (κ2) is 1.52. The number of hydrogen-bond acceptors (Lipinski definition) is 1. The van der Waals surface area contributed by atoms with Crippen molar-refractivity contribution in [3.05, 3.63) is 11.6 Å². The van der Waals surface area contributed by atoms with Gasteiger partial charge in [0.05, 0.1) is 0 Å². The first-order valence-electron chi connectivity index (χ1n) is 3.86. The van der Waals surface area contributed by atoms with Gasteiger partial charge >= 0.3 is 0 Å². The third kappa shape index (κ3) is 0.511. The molecule has 1 atom stereocenters. The minimum atomic E-state index is 0.205. The van der Waals surface area contributed by atoms with E-state index in [4.69, 9.17) is 0 Å². The quantitative estimate of drug-likeness (QED) is 0.497. The predicted octanol–water partition coefficient (Wildman–Crippen LogP) is 1.93. The van der Waals surface area contributed by atoms with Gasteiger partial charge in [0.2, 0.25) is 0 Å². The van der Waals surface area contributed by atoms with Gasteiger partial charge in [-0.1, -0.05) is 19.9 Å². The molecule has 0 amide bonds. The van der Waals surface area contributed by atoms with Crippen molar-refractivity contribution >= 4 is 5.78 Å². The maximum Gasteiger partial charge on any atom is 0.159 e. The summed E-state index contributed by atoms with van der Waals surface area (Å²) in [6.45, 7) is 4.36. The molecule has 2 aliphatic carbocycles. The first kappa shape index (κ1) is 6.14. The van der Waals surface area contributed by atoms with Crippen LogP contribution in [-0.4, -0.2) is 5.78 Å². The normalized spacial score (nSPS) is 34.8. The van der Waals surface area contributed by atoms with E-state index in [0.29, 0.717) is 11.7 Å². The minimum absolute atomic E-state index is 0.205. The van der Waals surface area contributed by atoms with Crippen molar-refractivity contribution in [3.8, 4) is 0 Å². The first-order valence-corrected chi connectivity index (χ1v) is 3.86. The Morgan fingerprint density at radius 2 is 2.30 bits per heavy atom. The number of Topliss-reactive ketones (excluding diaryl/α,β-unsaturated/α-hetero) is 1. The van der Waals surface area contributed by atoms with Crippen LogP contribution in [0.3, 0.4) is 0 Å². The lowest BCUT2D eigenvalue weighted by molar-refractivity contribution is -0.115. The van der Waals surface area contributed by atoms with Gasteiger partial charge in [-0.05, 0) is 23.3 Å². The summed E-state index contributed by atoms with van der Waals surface area (Å²) in [4.78, 5) is 11.2. The van der Waals surface area contributed by atoms with E-state index in [1.54, 1.807) is 0 Å². The lowest BCUT2D eigenvalue weighted by atomic mass is 9.83. The van der Waals surface area contributed by atoms with E-state index < -0.39 is 0 Å². The summed E-state index contributed by atoms with van der Waals surface area (Å²) < 4.78 is 0. The fourth-order valence-corrected chi connectivity index (χ4v) is 2.18. The Kier molecular flexibility index (Phi) is 0.936. The summed E-state index contributed by atoms with van der Waals surface area (Å²) in [5.41, 5.74) is 1.30. The van der Waals surface area contributed by atoms with Gasteiger partial charge in [-0.3, -0.25) is 4.79 Å². The molecule has 1 unspecified atom stereocenters. The zero-order valence-electron chi connectivity index (χ0n) is 6.48. The molecule has 0 heterocycles. The molecule has 1 nitrogen and oxygen atoms in total. The van der Waals surface area contributed by atoms with Gasteiger partial charge in [-0.15, -0.1) is 0 Å². The Hall–Kier alpha value is -0.590. The van der Waals surface area contributed by atoms with Crippen molar-refractivity contribution in [2.75, 3.05) is 0 Å². The van der Waals surface area contributed by atoms with Gasteiger partial charge in [-0.25, -0.2) is 0 Å². The van der Waals surface area contributed by atoms with Crippen molar-refractivity contribution in [1.82, 2.24) is 0 Å². The van der Waals surface area contributed by atoms with Gasteiger partial charge in [0, 0.05) is 6.42 Å². The van der Waals surface area contributed by atoms with Crippen LogP contribution in [0, 0.1) is 11.3 Å². The molecule has 10 heavy (non-hydrogen) atoms. The Morgan fingerprint density at radius 3 is 2.50 bits per heavy atom. The summed E-state index contributed by atoms with van der Waals surface area (Å²) in [5.74, 6) is 1.01. The minimum Gasteiger partial charge on any atom is -0.295 e. The number of carbonyl (C=O) groups excluding carboxylic acids is 1. The number of carbonyl (C=O) groups is 1. The average Bonchev–Trinajstić information content (AvgIpc) is 2.20. The van der Waals surface area contributed by atoms with Gasteiger partial charge in [0.25, 0.3) is 0 Å². The molecule has 0 aromatic heterocycles. The Bertz CT molecular complexity index is 223. The van der Waals surface area contributed by atoms with Gasteiger partial charge < -0.3 is 0 Å². The number of hydrogen-bond donors (Lipinski definition) is 0. The SMILES string of the molecule is CC1(C)C2=CCC1CC2=O. The fourth-order valence-electron chi connectivity index (χ4n) is 2.18. The second-order valence-corrected chi connectivity index (χ2v) is 3.90. The van der Waals surface area contributed by atoms with Crippen LogP contribution in [0.5, 0.6) is 0 Å². The molecule has 1 saturated carbocycles. The smallest absolute Gasteiger partial charge is 0.159 e. The molecule has 1 fully saturated rings. The van der Waals surface area contributed by atoms with E-state index in [0.717, 1.165) is 18.4 Å². The second-order valence-electron chi connectivity index (χ2n) is 3.90. The topological polar surface area (TPSA) is 17.1 Å². The monoisotopic (exact) mass is 136 g/mol. The summed E-state index contributed by atoms with van der Waals surface area (Å²) in [6, 6.07) is 0. The molecular weight excluding hydrogens is 124 g/mol. The van der Waals surface area contributed by atoms with E-state index in [1.807, 2.05) is 0 Å². The van der Waals surface area contributed by atoms with Crippen LogP contribution in [-0.2, 0) is 4.79 Å². The molecule has 2 bridgehead atoms. The van der Waals surface area contributed by atoms with E-state index in [2.05, 4.69) is 19.9 Å². The van der Waals surface area contributed by atoms with Crippen molar-refractivity contribution in [1.29, 1.82) is 0 Å². The molecule has 0 aromatic rings. The first-order chi connectivity index (χ1) is 4.62. The molecule has 0 saturated heterocycles. The highest BCUT2D eigenvalue weighted by Crippen LogP contribution is 2.51. The maximum atomic E-state index is 11.2. The molecule has 0 aliphatic heterocycles. The lowest BCUT2D eigenvalue weighted by Crippen LogP contribution is -2.13. The van der Waals surface area contributed by atoms with Gasteiger partial charge in [0.1, 0.15) is 0 Å². The summed E-state index contributed by atoms with van der Waals surface area (Å²) in [6.07, 6.45) is 4.06. The molecule has 0 aromatic carbocycles. The van der Waals surface area contributed by atoms with Crippen LogP contribution >= 0.6 is 0 Å². The zero-order chi connectivity index (χ0) is 7.35. The highest BCUT2D eigenvalue weighted by Gasteiger charge is 2.47. The molecule has 1 heteroatoms. The van der Waals surface area contributed by atoms with Crippen molar-refractivity contribution < 1.29 is 4.79 Å². The maximum absolute atomic E-state index is 11.2. The molecule has 0 N–H and O–H groups in total. The van der Waals surface area contributed by atoms with Gasteiger partial charge in [0.15, 0.2) is 5.78 Å². The highest BCUT2D eigenvalue weighted by atomic mass is 16.1. The van der Waals surface area contributed by atoms with Crippen molar-refractivity contribution in [2.45, 2.75) is 26.7 Å². The Morgan fingerprint density at radius 1 is 1.60 bits per heavy atom. The summed E-state index contributed by atoms with van der Waals surface area (Å²) in [5, 5.41) is 0. The number of ketones is 1. The van der Waals surface area contributed by atoms with Crippen LogP contribution in [0.1, 0.15) is 26.7 Å². The highest BCUT2D eigenvalue weighted by molar-refractivity contribution is 6.00. The van der Waals surface area contributed by atoms with Crippen LogP contribution in [0.15, 0.2) is 11.6 Å². The molecule has 54 valence electrons. The van der Waals surface area contributed by atoms with E-state index in [-0.39, 0.29) is 5.41 Å². The van der Waals surface area contributed by atoms with Crippen LogP contribution < -0.4 is 0 Å². The molecule has 0 spiro atoms. The van der Waals surface area contributed by atoms with Crippen molar-refractivity contribution in [2.24, 2.45) is 11.3 Å². The van der Waals surface area contributed by atoms with Crippen LogP contribution in [0.4, 0.5) is 0 Å². The third-order valence-corrected chi connectivity index (χ3v) is 3.05. The molecule has 0 radical (unpaired) electrons. The number of fused-ring (bicyclic) bond motifs is 2. The Labute approximate surface area is 61.1 Å². The zero-order valence-corrected chi connectivity index (χ0v) is 6.48. The molecular formula is C9H12O. The molecule has 2 aliphatic rings. The lowest BCUT2D eigenvalue weighted by Gasteiger charge is -2.19. The average molecular weight is 136 g/mol. The predicted molar refractivity (Wildman–Crippen MR) is 39.6 cm³/mol. The van der Waals surface area contributed by atoms with Crippen LogP contribution in [0.25, 0.3) is 0 Å². The number of allylic oxidation sites excluding steroid dienone is 2. The fraction of sp³-hybridized carbons (Fsp3) is 0.667. The summed E-state index contributed by atoms with van der Waals surface area (Å²) >= 11 is 0. The Balaban J connectivity index is 2.48. The van der Waals surface area contributed by atoms with E-state index in [9.17, 15) is 4.79 Å². The molecule has 2 rings (SSSR count). The third-order valence-electron chi connectivity index (χ3n) is 3.05. The largest absolute Gasteiger partial charge is 0.295 e. The van der Waals surface area contributed by atoms with E-state index in [1.165, 1.54) is 0 Å². The van der Waals surface area contributed by atoms with Crippen molar-refractivity contribution in [3.63, 3.8) is 0 Å². The van der Waals surface area contributed by atoms with E-state index >= 15 is 0 Å². The summed E-state index contributed by atoms with van der Waals surface area (Å²) in [7, 11) is 0. The standard InChI is InChI=1S/C9H12O/c1-9(2)6-3-4-7(9)8(10)5-6/h4,6H,3,5H2,1-2H3. The van der Waals surface area contributed by atoms with Gasteiger partial charge in [-0.2, -0.15) is 0 Å². The number of rotatable bonds is 0. The van der Waals surface area contributed by atoms with Crippen LogP contribution in [0.2, 0.25) is 0 Å².